The van der Waals surface area contributed by atoms with E-state index >= 15 is 0 Å². The zero-order chi connectivity index (χ0) is 20.6. The van der Waals surface area contributed by atoms with Crippen molar-refractivity contribution in [3.05, 3.63) is 16.0 Å². The molecule has 2 aliphatic rings. The highest BCUT2D eigenvalue weighted by molar-refractivity contribution is 8.15. The van der Waals surface area contributed by atoms with E-state index in [2.05, 4.69) is 31.1 Å². The summed E-state index contributed by atoms with van der Waals surface area (Å²) >= 11 is 2.52. The molecule has 0 unspecified atom stereocenters. The van der Waals surface area contributed by atoms with Crippen molar-refractivity contribution in [2.24, 2.45) is 22.1 Å². The Morgan fingerprint density at radius 1 is 1.36 bits per heavy atom. The standard InChI is InChI=1S/C19H25N3O4S2/c1-19(2,3)9-5-6-10-11(7-9)27-16(14(10)17(25)26-4)21-13(23)8-12-15(24)22-18(20)28-12/h9,12H,5-8H2,1-4H3,(H,21,23)(H2,20,22,24)/t9-,12+/m0/s1. The zero-order valence-electron chi connectivity index (χ0n) is 16.5. The lowest BCUT2D eigenvalue weighted by atomic mass is 9.72. The number of aliphatic imine (C=N–C) groups is 1. The van der Waals surface area contributed by atoms with Gasteiger partial charge in [-0.25, -0.2) is 4.79 Å². The molecule has 152 valence electrons. The maximum absolute atomic E-state index is 12.5. The molecular weight excluding hydrogens is 398 g/mol. The summed E-state index contributed by atoms with van der Waals surface area (Å²) in [6, 6.07) is 0. The molecule has 1 aliphatic heterocycles. The number of thioether (sulfide) groups is 1. The average Bonchev–Trinajstić information content (AvgIpc) is 3.11. The van der Waals surface area contributed by atoms with Crippen molar-refractivity contribution in [3.8, 4) is 0 Å². The minimum atomic E-state index is -0.610. The third-order valence-electron chi connectivity index (χ3n) is 5.26. The Balaban J connectivity index is 1.81. The molecule has 0 aromatic carbocycles. The Morgan fingerprint density at radius 2 is 2.07 bits per heavy atom. The lowest BCUT2D eigenvalue weighted by Crippen LogP contribution is -2.26. The SMILES string of the molecule is COC(=O)c1c(NC(=O)C[C@H]2SC(N)=NC2=O)sc2c1CC[C@H](C(C)(C)C)C2. The lowest BCUT2D eigenvalue weighted by molar-refractivity contribution is -0.121. The number of carbonyl (C=O) groups is 3. The zero-order valence-corrected chi connectivity index (χ0v) is 18.1. The van der Waals surface area contributed by atoms with E-state index in [0.29, 0.717) is 16.5 Å². The van der Waals surface area contributed by atoms with Crippen molar-refractivity contribution in [1.29, 1.82) is 0 Å². The van der Waals surface area contributed by atoms with Gasteiger partial charge in [-0.1, -0.05) is 32.5 Å². The molecule has 2 amide bonds. The largest absolute Gasteiger partial charge is 0.465 e. The predicted octanol–water partition coefficient (Wildman–Crippen LogP) is 2.97. The number of hydrogen-bond acceptors (Lipinski definition) is 7. The van der Waals surface area contributed by atoms with Gasteiger partial charge in [0.05, 0.1) is 12.7 Å². The minimum absolute atomic E-state index is 0.0402. The molecule has 1 aromatic rings. The number of ether oxygens (including phenoxy) is 1. The molecule has 0 radical (unpaired) electrons. The number of carbonyl (C=O) groups excluding carboxylic acids is 3. The van der Waals surface area contributed by atoms with Gasteiger partial charge in [-0.15, -0.1) is 11.3 Å². The second-order valence-electron chi connectivity index (χ2n) is 8.15. The van der Waals surface area contributed by atoms with Gasteiger partial charge >= 0.3 is 5.97 Å². The Kier molecular flexibility index (Phi) is 5.86. The van der Waals surface area contributed by atoms with E-state index in [0.717, 1.165) is 41.5 Å². The van der Waals surface area contributed by atoms with Crippen LogP contribution in [0, 0.1) is 11.3 Å². The van der Waals surface area contributed by atoms with E-state index in [1.165, 1.54) is 18.4 Å². The first-order chi connectivity index (χ1) is 13.1. The van der Waals surface area contributed by atoms with E-state index in [4.69, 9.17) is 10.5 Å². The first-order valence-corrected chi connectivity index (χ1v) is 10.9. The number of amidine groups is 1. The summed E-state index contributed by atoms with van der Waals surface area (Å²) in [4.78, 5) is 41.4. The van der Waals surface area contributed by atoms with Crippen LogP contribution >= 0.6 is 23.1 Å². The molecule has 2 atom stereocenters. The molecule has 0 spiro atoms. The van der Waals surface area contributed by atoms with Gasteiger partial charge in [0.15, 0.2) is 5.17 Å². The summed E-state index contributed by atoms with van der Waals surface area (Å²) in [5.41, 5.74) is 7.15. The average molecular weight is 424 g/mol. The summed E-state index contributed by atoms with van der Waals surface area (Å²) in [5, 5.41) is 2.89. The summed E-state index contributed by atoms with van der Waals surface area (Å²) in [5.74, 6) is -0.669. The van der Waals surface area contributed by atoms with Gasteiger partial charge < -0.3 is 15.8 Å². The predicted molar refractivity (Wildman–Crippen MR) is 112 cm³/mol. The summed E-state index contributed by atoms with van der Waals surface area (Å²) in [6.45, 7) is 6.68. The van der Waals surface area contributed by atoms with Gasteiger partial charge in [0.25, 0.3) is 5.91 Å². The monoisotopic (exact) mass is 423 g/mol. The number of amides is 2. The van der Waals surface area contributed by atoms with Crippen molar-refractivity contribution in [1.82, 2.24) is 0 Å². The quantitative estimate of drug-likeness (QED) is 0.720. The topological polar surface area (TPSA) is 111 Å². The fourth-order valence-corrected chi connectivity index (χ4v) is 5.76. The van der Waals surface area contributed by atoms with E-state index in [1.54, 1.807) is 0 Å². The minimum Gasteiger partial charge on any atom is -0.465 e. The molecular formula is C19H25N3O4S2. The van der Waals surface area contributed by atoms with Gasteiger partial charge in [-0.2, -0.15) is 4.99 Å². The second-order valence-corrected chi connectivity index (χ2v) is 10.5. The number of nitrogens with one attached hydrogen (secondary N) is 1. The third-order valence-corrected chi connectivity index (χ3v) is 7.42. The highest BCUT2D eigenvalue weighted by atomic mass is 32.2. The van der Waals surface area contributed by atoms with Crippen LogP contribution in [0.2, 0.25) is 0 Å². The Morgan fingerprint density at radius 3 is 2.64 bits per heavy atom. The van der Waals surface area contributed by atoms with Crippen molar-refractivity contribution < 1.29 is 19.1 Å². The van der Waals surface area contributed by atoms with Crippen LogP contribution in [-0.2, 0) is 27.2 Å². The van der Waals surface area contributed by atoms with Crippen LogP contribution in [0.5, 0.6) is 0 Å². The number of nitrogens with two attached hydrogens (primary N) is 1. The fraction of sp³-hybridized carbons (Fsp3) is 0.579. The molecule has 3 N–H and O–H groups in total. The number of hydrogen-bond donors (Lipinski definition) is 2. The van der Waals surface area contributed by atoms with Crippen LogP contribution in [0.3, 0.4) is 0 Å². The van der Waals surface area contributed by atoms with Crippen LogP contribution in [0.4, 0.5) is 5.00 Å². The normalized spacial score (nSPS) is 21.9. The van der Waals surface area contributed by atoms with Crippen LogP contribution in [-0.4, -0.2) is 35.3 Å². The molecule has 0 saturated heterocycles. The molecule has 0 fully saturated rings. The maximum Gasteiger partial charge on any atom is 0.341 e. The van der Waals surface area contributed by atoms with Gasteiger partial charge in [-0.05, 0) is 36.2 Å². The smallest absolute Gasteiger partial charge is 0.341 e. The van der Waals surface area contributed by atoms with Crippen molar-refractivity contribution in [2.45, 2.75) is 51.7 Å². The Hall–Kier alpha value is -1.87. The van der Waals surface area contributed by atoms with E-state index < -0.39 is 17.1 Å². The van der Waals surface area contributed by atoms with Crippen LogP contribution < -0.4 is 11.1 Å². The lowest BCUT2D eigenvalue weighted by Gasteiger charge is -2.33. The Bertz CT molecular complexity index is 854. The molecule has 0 saturated carbocycles. The Labute approximate surface area is 172 Å². The van der Waals surface area contributed by atoms with Crippen molar-refractivity contribution in [3.63, 3.8) is 0 Å². The fourth-order valence-electron chi connectivity index (χ4n) is 3.61. The van der Waals surface area contributed by atoms with E-state index in [1.807, 2.05) is 0 Å². The van der Waals surface area contributed by atoms with E-state index in [9.17, 15) is 14.4 Å². The highest BCUT2D eigenvalue weighted by Gasteiger charge is 2.35. The number of nitrogens with zero attached hydrogens (tertiary/aromatic N) is 1. The molecule has 1 aliphatic carbocycles. The number of esters is 1. The molecule has 2 heterocycles. The van der Waals surface area contributed by atoms with Gasteiger partial charge in [0.2, 0.25) is 5.91 Å². The second kappa shape index (κ2) is 7.87. The first kappa shape index (κ1) is 20.9. The van der Waals surface area contributed by atoms with Crippen LogP contribution in [0.1, 0.15) is 54.4 Å². The summed E-state index contributed by atoms with van der Waals surface area (Å²) in [7, 11) is 1.34. The molecule has 28 heavy (non-hydrogen) atoms. The van der Waals surface area contributed by atoms with Crippen LogP contribution in [0.25, 0.3) is 0 Å². The van der Waals surface area contributed by atoms with Crippen molar-refractivity contribution in [2.75, 3.05) is 12.4 Å². The first-order valence-electron chi connectivity index (χ1n) is 9.17. The summed E-state index contributed by atoms with van der Waals surface area (Å²) < 4.78 is 4.96. The van der Waals surface area contributed by atoms with Crippen molar-refractivity contribution >= 4 is 51.1 Å². The number of anilines is 1. The molecule has 3 rings (SSSR count). The van der Waals surface area contributed by atoms with Crippen LogP contribution in [0.15, 0.2) is 4.99 Å². The van der Waals surface area contributed by atoms with Gasteiger partial charge in [0, 0.05) is 11.3 Å². The molecule has 1 aromatic heterocycles. The summed E-state index contributed by atoms with van der Waals surface area (Å²) in [6.07, 6.45) is 2.62. The molecule has 0 bridgehead atoms. The number of fused-ring (bicyclic) bond motifs is 1. The maximum atomic E-state index is 12.5. The van der Waals surface area contributed by atoms with E-state index in [-0.39, 0.29) is 22.9 Å². The van der Waals surface area contributed by atoms with Gasteiger partial charge in [-0.3, -0.25) is 9.59 Å². The molecule has 9 heteroatoms. The number of rotatable bonds is 4. The van der Waals surface area contributed by atoms with Gasteiger partial charge in [0.1, 0.15) is 10.3 Å². The highest BCUT2D eigenvalue weighted by Crippen LogP contribution is 2.44. The third kappa shape index (κ3) is 4.25. The number of methoxy groups -OCH3 is 1. The molecule has 7 nitrogen and oxygen atoms in total. The number of thiophene rings is 1.